The quantitative estimate of drug-likeness (QED) is 0.608. The van der Waals surface area contributed by atoms with E-state index in [1.54, 1.807) is 0 Å². The van der Waals surface area contributed by atoms with E-state index < -0.39 is 0 Å². The van der Waals surface area contributed by atoms with Crippen molar-refractivity contribution in [2.45, 2.75) is 52.1 Å². The van der Waals surface area contributed by atoms with E-state index in [9.17, 15) is 5.11 Å². The second-order valence-corrected chi connectivity index (χ2v) is 6.77. The Labute approximate surface area is 107 Å². The first-order valence-electron chi connectivity index (χ1n) is 6.33. The lowest BCUT2D eigenvalue weighted by Gasteiger charge is -2.43. The lowest BCUT2D eigenvalue weighted by atomic mass is 9.64. The summed E-state index contributed by atoms with van der Waals surface area (Å²) in [7, 11) is 0. The van der Waals surface area contributed by atoms with Crippen LogP contribution in [0.4, 0.5) is 0 Å². The largest absolute Gasteiger partial charge is 0.393 e. The Hall–Kier alpha value is 0.690. The molecular formula is C13H23IO. The molecule has 2 rings (SSSR count). The molecule has 1 N–H and O–H groups in total. The molecule has 0 saturated heterocycles. The van der Waals surface area contributed by atoms with E-state index in [0.29, 0.717) is 0 Å². The number of aliphatic hydroxyl groups excluding tert-OH is 1. The molecular weight excluding hydrogens is 299 g/mol. The number of aliphatic hydroxyl groups is 1. The number of fused-ring (bicyclic) bond motifs is 1. The summed E-state index contributed by atoms with van der Waals surface area (Å²) in [4.78, 5) is 0. The van der Waals surface area contributed by atoms with Crippen LogP contribution < -0.4 is 0 Å². The molecule has 2 aliphatic carbocycles. The molecule has 5 atom stereocenters. The highest BCUT2D eigenvalue weighted by Gasteiger charge is 2.51. The SMILES string of the molecule is C[C@H](CI)[C@@H]1CC[C@@]2(C)[C@@H](O)CCC[C@@H]12. The standard InChI is InChI=1S/C13H23IO/c1-9(8-14)10-6-7-13(2)11(10)4-3-5-12(13)15/h9-12,15H,3-8H2,1-2H3/t9-,10+,11+,12+,13-/m1/s1. The van der Waals surface area contributed by atoms with Gasteiger partial charge in [0.25, 0.3) is 0 Å². The molecule has 1 nitrogen and oxygen atoms in total. The molecule has 0 heterocycles. The van der Waals surface area contributed by atoms with E-state index in [2.05, 4.69) is 36.4 Å². The molecule has 0 aliphatic heterocycles. The van der Waals surface area contributed by atoms with Crippen molar-refractivity contribution < 1.29 is 5.11 Å². The zero-order valence-electron chi connectivity index (χ0n) is 9.88. The van der Waals surface area contributed by atoms with Crippen LogP contribution in [0.1, 0.15) is 46.0 Å². The van der Waals surface area contributed by atoms with Gasteiger partial charge >= 0.3 is 0 Å². The normalized spacial score (nSPS) is 47.6. The van der Waals surface area contributed by atoms with Crippen LogP contribution in [0.2, 0.25) is 0 Å². The van der Waals surface area contributed by atoms with E-state index >= 15 is 0 Å². The van der Waals surface area contributed by atoms with Crippen LogP contribution in [0.5, 0.6) is 0 Å². The van der Waals surface area contributed by atoms with Crippen molar-refractivity contribution in [1.82, 2.24) is 0 Å². The van der Waals surface area contributed by atoms with Crippen molar-refractivity contribution in [3.8, 4) is 0 Å². The first-order valence-corrected chi connectivity index (χ1v) is 7.86. The molecule has 2 heteroatoms. The Balaban J connectivity index is 2.15. The van der Waals surface area contributed by atoms with Gasteiger partial charge in [0.05, 0.1) is 6.10 Å². The van der Waals surface area contributed by atoms with Gasteiger partial charge in [-0.05, 0) is 48.9 Å². The van der Waals surface area contributed by atoms with Gasteiger partial charge in [-0.1, -0.05) is 42.9 Å². The van der Waals surface area contributed by atoms with Crippen molar-refractivity contribution in [2.75, 3.05) is 4.43 Å². The number of alkyl halides is 1. The van der Waals surface area contributed by atoms with Crippen LogP contribution >= 0.6 is 22.6 Å². The molecule has 15 heavy (non-hydrogen) atoms. The van der Waals surface area contributed by atoms with E-state index in [4.69, 9.17) is 0 Å². The maximum Gasteiger partial charge on any atom is 0.0596 e. The Morgan fingerprint density at radius 3 is 2.80 bits per heavy atom. The van der Waals surface area contributed by atoms with Gasteiger partial charge in [-0.25, -0.2) is 0 Å². The zero-order valence-corrected chi connectivity index (χ0v) is 12.0. The van der Waals surface area contributed by atoms with Crippen molar-refractivity contribution >= 4 is 22.6 Å². The molecule has 88 valence electrons. The lowest BCUT2D eigenvalue weighted by molar-refractivity contribution is -0.0377. The van der Waals surface area contributed by atoms with Crippen molar-refractivity contribution in [1.29, 1.82) is 0 Å². The molecule has 2 saturated carbocycles. The maximum atomic E-state index is 10.2. The molecule has 0 amide bonds. The highest BCUT2D eigenvalue weighted by atomic mass is 127. The molecule has 0 bridgehead atoms. The zero-order chi connectivity index (χ0) is 11.1. The van der Waals surface area contributed by atoms with Crippen molar-refractivity contribution in [2.24, 2.45) is 23.2 Å². The highest BCUT2D eigenvalue weighted by Crippen LogP contribution is 2.56. The number of hydrogen-bond acceptors (Lipinski definition) is 1. The monoisotopic (exact) mass is 322 g/mol. The predicted octanol–water partition coefficient (Wildman–Crippen LogP) is 3.63. The first-order chi connectivity index (χ1) is 7.09. The molecule has 0 aromatic carbocycles. The predicted molar refractivity (Wildman–Crippen MR) is 72.2 cm³/mol. The van der Waals surface area contributed by atoms with Gasteiger partial charge in [0.1, 0.15) is 0 Å². The maximum absolute atomic E-state index is 10.2. The number of halogens is 1. The summed E-state index contributed by atoms with van der Waals surface area (Å²) in [6, 6.07) is 0. The van der Waals surface area contributed by atoms with Crippen LogP contribution in [0.25, 0.3) is 0 Å². The number of hydrogen-bond donors (Lipinski definition) is 1. The van der Waals surface area contributed by atoms with E-state index in [0.717, 1.165) is 24.2 Å². The van der Waals surface area contributed by atoms with Gasteiger partial charge < -0.3 is 5.11 Å². The molecule has 0 spiro atoms. The van der Waals surface area contributed by atoms with Gasteiger partial charge in [-0.15, -0.1) is 0 Å². The lowest BCUT2D eigenvalue weighted by Crippen LogP contribution is -2.41. The smallest absolute Gasteiger partial charge is 0.0596 e. The molecule has 0 radical (unpaired) electrons. The van der Waals surface area contributed by atoms with Gasteiger partial charge in [0, 0.05) is 4.43 Å². The summed E-state index contributed by atoms with van der Waals surface area (Å²) >= 11 is 2.51. The van der Waals surface area contributed by atoms with Crippen LogP contribution in [-0.2, 0) is 0 Å². The van der Waals surface area contributed by atoms with Crippen LogP contribution in [0, 0.1) is 23.2 Å². The molecule has 2 aliphatic rings. The van der Waals surface area contributed by atoms with Crippen LogP contribution in [-0.4, -0.2) is 15.6 Å². The Morgan fingerprint density at radius 1 is 1.40 bits per heavy atom. The topological polar surface area (TPSA) is 20.2 Å². The second-order valence-electron chi connectivity index (χ2n) is 5.89. The fraction of sp³-hybridized carbons (Fsp3) is 1.00. The minimum atomic E-state index is -0.0253. The summed E-state index contributed by atoms with van der Waals surface area (Å²) < 4.78 is 1.27. The number of rotatable bonds is 2. The fourth-order valence-electron chi connectivity index (χ4n) is 3.97. The summed E-state index contributed by atoms with van der Waals surface area (Å²) in [6.45, 7) is 4.73. The highest BCUT2D eigenvalue weighted by molar-refractivity contribution is 14.1. The van der Waals surface area contributed by atoms with Gasteiger partial charge in [0.2, 0.25) is 0 Å². The summed E-state index contributed by atoms with van der Waals surface area (Å²) in [5, 5.41) is 10.2. The minimum Gasteiger partial charge on any atom is -0.393 e. The van der Waals surface area contributed by atoms with E-state index in [-0.39, 0.29) is 11.5 Å². The van der Waals surface area contributed by atoms with E-state index in [1.165, 1.54) is 30.1 Å². The summed E-state index contributed by atoms with van der Waals surface area (Å²) in [5.41, 5.74) is 0.253. The molecule has 0 aromatic heterocycles. The summed E-state index contributed by atoms with van der Waals surface area (Å²) in [5.74, 6) is 2.51. The second kappa shape index (κ2) is 4.52. The Bertz CT molecular complexity index is 231. The third-order valence-electron chi connectivity index (χ3n) is 5.11. The van der Waals surface area contributed by atoms with Crippen molar-refractivity contribution in [3.05, 3.63) is 0 Å². The minimum absolute atomic E-state index is 0.0253. The van der Waals surface area contributed by atoms with Crippen LogP contribution in [0.3, 0.4) is 0 Å². The molecule has 0 unspecified atom stereocenters. The average molecular weight is 322 g/mol. The molecule has 0 aromatic rings. The van der Waals surface area contributed by atoms with Gasteiger partial charge in [0.15, 0.2) is 0 Å². The van der Waals surface area contributed by atoms with Crippen molar-refractivity contribution in [3.63, 3.8) is 0 Å². The first kappa shape index (κ1) is 12.2. The van der Waals surface area contributed by atoms with Crippen LogP contribution in [0.15, 0.2) is 0 Å². The Morgan fingerprint density at radius 2 is 2.13 bits per heavy atom. The van der Waals surface area contributed by atoms with E-state index in [1.807, 2.05) is 0 Å². The van der Waals surface area contributed by atoms with Gasteiger partial charge in [-0.2, -0.15) is 0 Å². The average Bonchev–Trinajstić information content (AvgIpc) is 2.57. The van der Waals surface area contributed by atoms with Gasteiger partial charge in [-0.3, -0.25) is 0 Å². The fourth-order valence-corrected chi connectivity index (χ4v) is 4.62. The summed E-state index contributed by atoms with van der Waals surface area (Å²) in [6.07, 6.45) is 6.22. The third-order valence-corrected chi connectivity index (χ3v) is 6.50. The third kappa shape index (κ3) is 1.97. The molecule has 2 fully saturated rings. The Kier molecular flexibility index (Phi) is 3.66.